The van der Waals surface area contributed by atoms with Crippen molar-refractivity contribution in [3.63, 3.8) is 0 Å². The van der Waals surface area contributed by atoms with Crippen LogP contribution in [0.1, 0.15) is 29.7 Å². The van der Waals surface area contributed by atoms with Crippen molar-refractivity contribution in [2.75, 3.05) is 19.6 Å². The van der Waals surface area contributed by atoms with Crippen LogP contribution in [0.2, 0.25) is 0 Å². The minimum atomic E-state index is -4.38. The van der Waals surface area contributed by atoms with E-state index >= 15 is 0 Å². The molecule has 4 nitrogen and oxygen atoms in total. The van der Waals surface area contributed by atoms with Gasteiger partial charge in [0.05, 0.1) is 12.1 Å². The monoisotopic (exact) mass is 313 g/mol. The largest absolute Gasteiger partial charge is 0.417 e. The van der Waals surface area contributed by atoms with Crippen LogP contribution in [0.5, 0.6) is 0 Å². The highest BCUT2D eigenvalue weighted by atomic mass is 19.4. The molecule has 0 atom stereocenters. The predicted molar refractivity (Wildman–Crippen MR) is 74.0 cm³/mol. The number of hydrogen-bond donors (Lipinski definition) is 1. The number of carbonyl (C=O) groups excluding carboxylic acids is 1. The number of rotatable bonds is 4. The fraction of sp³-hybridized carbons (Fsp3) is 0.600. The SMILES string of the molecule is O=C(CN1CCc2ncc(C(F)(F)F)cc2C1)NCC1CC1. The molecular weight excluding hydrogens is 295 g/mol. The highest BCUT2D eigenvalue weighted by Crippen LogP contribution is 2.31. The van der Waals surface area contributed by atoms with Gasteiger partial charge in [-0.1, -0.05) is 0 Å². The van der Waals surface area contributed by atoms with Crippen LogP contribution in [0, 0.1) is 5.92 Å². The third kappa shape index (κ3) is 3.76. The van der Waals surface area contributed by atoms with E-state index in [9.17, 15) is 18.0 Å². The Hall–Kier alpha value is -1.63. The maximum atomic E-state index is 12.7. The summed E-state index contributed by atoms with van der Waals surface area (Å²) in [7, 11) is 0. The van der Waals surface area contributed by atoms with Crippen LogP contribution >= 0.6 is 0 Å². The molecule has 0 spiro atoms. The summed E-state index contributed by atoms with van der Waals surface area (Å²) in [6, 6.07) is 1.15. The molecule has 0 unspecified atom stereocenters. The van der Waals surface area contributed by atoms with E-state index in [1.54, 1.807) is 0 Å². The van der Waals surface area contributed by atoms with Crippen molar-refractivity contribution in [1.29, 1.82) is 0 Å². The molecular formula is C15H18F3N3O. The molecule has 22 heavy (non-hydrogen) atoms. The summed E-state index contributed by atoms with van der Waals surface area (Å²) in [6.45, 7) is 1.91. The van der Waals surface area contributed by atoms with Gasteiger partial charge >= 0.3 is 6.18 Å². The Morgan fingerprint density at radius 1 is 1.41 bits per heavy atom. The number of halogens is 3. The van der Waals surface area contributed by atoms with Crippen molar-refractivity contribution < 1.29 is 18.0 Å². The first-order chi connectivity index (χ1) is 10.4. The number of aromatic nitrogens is 1. The van der Waals surface area contributed by atoms with Crippen LogP contribution in [-0.2, 0) is 23.9 Å². The summed E-state index contributed by atoms with van der Waals surface area (Å²) in [5.74, 6) is 0.555. The number of nitrogens with zero attached hydrogens (tertiary/aromatic N) is 2. The van der Waals surface area contributed by atoms with Gasteiger partial charge in [-0.25, -0.2) is 0 Å². The van der Waals surface area contributed by atoms with Crippen molar-refractivity contribution in [2.45, 2.75) is 32.0 Å². The van der Waals surface area contributed by atoms with Gasteiger partial charge in [-0.05, 0) is 30.4 Å². The first-order valence-electron chi connectivity index (χ1n) is 7.46. The average Bonchev–Trinajstić information content (AvgIpc) is 3.27. The molecule has 2 heterocycles. The van der Waals surface area contributed by atoms with E-state index < -0.39 is 11.7 Å². The number of amides is 1. The average molecular weight is 313 g/mol. The molecule has 1 aromatic rings. The lowest BCUT2D eigenvalue weighted by Gasteiger charge is -2.28. The molecule has 1 N–H and O–H groups in total. The first kappa shape index (κ1) is 15.3. The zero-order valence-electron chi connectivity index (χ0n) is 12.1. The normalized spacial score (nSPS) is 18.9. The third-order valence-corrected chi connectivity index (χ3v) is 4.10. The molecule has 0 saturated heterocycles. The van der Waals surface area contributed by atoms with Crippen LogP contribution in [0.3, 0.4) is 0 Å². The third-order valence-electron chi connectivity index (χ3n) is 4.10. The van der Waals surface area contributed by atoms with Crippen LogP contribution in [0.15, 0.2) is 12.3 Å². The number of pyridine rings is 1. The maximum Gasteiger partial charge on any atom is 0.417 e. The summed E-state index contributed by atoms with van der Waals surface area (Å²) < 4.78 is 38.2. The molecule has 120 valence electrons. The van der Waals surface area contributed by atoms with E-state index in [0.29, 0.717) is 43.2 Å². The van der Waals surface area contributed by atoms with Gasteiger partial charge in [0.1, 0.15) is 0 Å². The Morgan fingerprint density at radius 2 is 2.18 bits per heavy atom. The zero-order valence-corrected chi connectivity index (χ0v) is 12.1. The Labute approximate surface area is 126 Å². The summed E-state index contributed by atoms with van der Waals surface area (Å²) >= 11 is 0. The van der Waals surface area contributed by atoms with Gasteiger partial charge in [0.15, 0.2) is 0 Å². The van der Waals surface area contributed by atoms with Gasteiger partial charge < -0.3 is 5.32 Å². The standard InChI is InChI=1S/C15H18F3N3O/c16-15(17,18)12-5-11-8-21(4-3-13(11)19-7-12)9-14(22)20-6-10-1-2-10/h5,7,10H,1-4,6,8-9H2,(H,20,22). The van der Waals surface area contributed by atoms with Crippen molar-refractivity contribution in [1.82, 2.24) is 15.2 Å². The molecule has 1 aromatic heterocycles. The van der Waals surface area contributed by atoms with Gasteiger partial charge in [-0.2, -0.15) is 13.2 Å². The maximum absolute atomic E-state index is 12.7. The Balaban J connectivity index is 1.60. The van der Waals surface area contributed by atoms with Crippen molar-refractivity contribution in [3.8, 4) is 0 Å². The van der Waals surface area contributed by atoms with Crippen molar-refractivity contribution in [2.24, 2.45) is 5.92 Å². The van der Waals surface area contributed by atoms with Gasteiger partial charge in [0.2, 0.25) is 5.91 Å². The lowest BCUT2D eigenvalue weighted by Crippen LogP contribution is -2.40. The number of fused-ring (bicyclic) bond motifs is 1. The van der Waals surface area contributed by atoms with E-state index in [1.807, 2.05) is 4.90 Å². The number of hydrogen-bond acceptors (Lipinski definition) is 3. The van der Waals surface area contributed by atoms with E-state index in [1.165, 1.54) is 12.8 Å². The van der Waals surface area contributed by atoms with E-state index in [-0.39, 0.29) is 12.5 Å². The lowest BCUT2D eigenvalue weighted by molar-refractivity contribution is -0.138. The molecule has 0 radical (unpaired) electrons. The quantitative estimate of drug-likeness (QED) is 0.924. The Kier molecular flexibility index (Phi) is 4.08. The number of alkyl halides is 3. The van der Waals surface area contributed by atoms with Gasteiger partial charge in [-0.15, -0.1) is 0 Å². The molecule has 7 heteroatoms. The summed E-state index contributed by atoms with van der Waals surface area (Å²) in [5, 5.41) is 2.88. The molecule has 1 aliphatic carbocycles. The topological polar surface area (TPSA) is 45.2 Å². The van der Waals surface area contributed by atoms with Crippen LogP contribution in [0.25, 0.3) is 0 Å². The smallest absolute Gasteiger partial charge is 0.355 e. The molecule has 1 aliphatic heterocycles. The minimum absolute atomic E-state index is 0.0599. The fourth-order valence-corrected chi connectivity index (χ4v) is 2.61. The van der Waals surface area contributed by atoms with Crippen molar-refractivity contribution >= 4 is 5.91 Å². The van der Waals surface area contributed by atoms with Crippen LogP contribution < -0.4 is 5.32 Å². The molecule has 1 fully saturated rings. The van der Waals surface area contributed by atoms with E-state index in [2.05, 4.69) is 10.3 Å². The lowest BCUT2D eigenvalue weighted by atomic mass is 10.0. The molecule has 2 aliphatic rings. The fourth-order valence-electron chi connectivity index (χ4n) is 2.61. The second-order valence-corrected chi connectivity index (χ2v) is 6.04. The minimum Gasteiger partial charge on any atom is -0.355 e. The van der Waals surface area contributed by atoms with Gasteiger partial charge in [0.25, 0.3) is 0 Å². The van der Waals surface area contributed by atoms with Gasteiger partial charge in [-0.3, -0.25) is 14.7 Å². The van der Waals surface area contributed by atoms with Crippen molar-refractivity contribution in [3.05, 3.63) is 29.1 Å². The highest BCUT2D eigenvalue weighted by Gasteiger charge is 2.32. The molecule has 1 amide bonds. The first-order valence-corrected chi connectivity index (χ1v) is 7.46. The van der Waals surface area contributed by atoms with E-state index in [0.717, 1.165) is 12.3 Å². The van der Waals surface area contributed by atoms with Gasteiger partial charge in [0, 0.05) is 37.9 Å². The van der Waals surface area contributed by atoms with Crippen LogP contribution in [-0.4, -0.2) is 35.4 Å². The second-order valence-electron chi connectivity index (χ2n) is 6.04. The second kappa shape index (κ2) is 5.87. The molecule has 0 bridgehead atoms. The highest BCUT2D eigenvalue weighted by molar-refractivity contribution is 5.78. The summed E-state index contributed by atoms with van der Waals surface area (Å²) in [4.78, 5) is 17.6. The Morgan fingerprint density at radius 3 is 2.86 bits per heavy atom. The number of carbonyl (C=O) groups is 1. The number of nitrogens with one attached hydrogen (secondary N) is 1. The molecule has 3 rings (SSSR count). The van der Waals surface area contributed by atoms with Crippen LogP contribution in [0.4, 0.5) is 13.2 Å². The Bertz CT molecular complexity index is 570. The summed E-state index contributed by atoms with van der Waals surface area (Å²) in [6.07, 6.45) is -0.585. The molecule has 1 saturated carbocycles. The van der Waals surface area contributed by atoms with E-state index in [4.69, 9.17) is 0 Å². The predicted octanol–water partition coefficient (Wildman–Crippen LogP) is 1.98. The zero-order chi connectivity index (χ0) is 15.7. The molecule has 0 aromatic carbocycles. The summed E-state index contributed by atoms with van der Waals surface area (Å²) in [5.41, 5.74) is 0.532.